The van der Waals surface area contributed by atoms with E-state index in [2.05, 4.69) is 16.4 Å². The molecule has 1 saturated heterocycles. The zero-order valence-corrected chi connectivity index (χ0v) is 11.8. The highest BCUT2D eigenvalue weighted by Crippen LogP contribution is 2.39. The SMILES string of the molecule is N#Cc1ccc(NC2CCOC3(CCCCC3)C2)nc1. The third-order valence-electron chi connectivity index (χ3n) is 4.50. The van der Waals surface area contributed by atoms with E-state index in [1.54, 1.807) is 6.20 Å². The summed E-state index contributed by atoms with van der Waals surface area (Å²) < 4.78 is 6.11. The summed E-state index contributed by atoms with van der Waals surface area (Å²) in [4.78, 5) is 4.30. The Morgan fingerprint density at radius 2 is 2.15 bits per heavy atom. The Labute approximate surface area is 120 Å². The molecule has 1 atom stereocenters. The van der Waals surface area contributed by atoms with Crippen LogP contribution in [0, 0.1) is 11.3 Å². The third kappa shape index (κ3) is 2.94. The van der Waals surface area contributed by atoms with Gasteiger partial charge in [-0.15, -0.1) is 0 Å². The van der Waals surface area contributed by atoms with E-state index in [0.717, 1.165) is 25.3 Å². The van der Waals surface area contributed by atoms with Crippen LogP contribution < -0.4 is 5.32 Å². The molecule has 2 heterocycles. The monoisotopic (exact) mass is 271 g/mol. The summed E-state index contributed by atoms with van der Waals surface area (Å²) in [6, 6.07) is 6.23. The number of rotatable bonds is 2. The smallest absolute Gasteiger partial charge is 0.126 e. The van der Waals surface area contributed by atoms with E-state index >= 15 is 0 Å². The summed E-state index contributed by atoms with van der Waals surface area (Å²) in [5.74, 6) is 0.863. The van der Waals surface area contributed by atoms with Crippen LogP contribution in [0.25, 0.3) is 0 Å². The fraction of sp³-hybridized carbons (Fsp3) is 0.625. The number of aromatic nitrogens is 1. The van der Waals surface area contributed by atoms with Crippen molar-refractivity contribution in [2.24, 2.45) is 0 Å². The average molecular weight is 271 g/mol. The first-order chi connectivity index (χ1) is 9.80. The molecule has 4 heteroatoms. The van der Waals surface area contributed by atoms with Crippen LogP contribution in [0.1, 0.15) is 50.5 Å². The van der Waals surface area contributed by atoms with Crippen molar-refractivity contribution in [3.63, 3.8) is 0 Å². The van der Waals surface area contributed by atoms with Crippen molar-refractivity contribution < 1.29 is 4.74 Å². The second-order valence-corrected chi connectivity index (χ2v) is 5.97. The summed E-state index contributed by atoms with van der Waals surface area (Å²) in [5, 5.41) is 12.3. The Balaban J connectivity index is 1.63. The summed E-state index contributed by atoms with van der Waals surface area (Å²) in [5.41, 5.74) is 0.715. The van der Waals surface area contributed by atoms with Gasteiger partial charge in [0, 0.05) is 18.8 Å². The number of nitrogens with zero attached hydrogens (tertiary/aromatic N) is 2. The van der Waals surface area contributed by atoms with Gasteiger partial charge in [0.25, 0.3) is 0 Å². The normalized spacial score (nSPS) is 25.1. The van der Waals surface area contributed by atoms with Gasteiger partial charge in [0.2, 0.25) is 0 Å². The second kappa shape index (κ2) is 5.80. The highest BCUT2D eigenvalue weighted by atomic mass is 16.5. The van der Waals surface area contributed by atoms with Crippen molar-refractivity contribution in [2.75, 3.05) is 11.9 Å². The molecular formula is C16H21N3O. The Morgan fingerprint density at radius 1 is 1.30 bits per heavy atom. The van der Waals surface area contributed by atoms with E-state index in [1.165, 1.54) is 32.1 Å². The van der Waals surface area contributed by atoms with Gasteiger partial charge in [-0.05, 0) is 37.8 Å². The lowest BCUT2D eigenvalue weighted by Gasteiger charge is -2.43. The Hall–Kier alpha value is -1.60. The van der Waals surface area contributed by atoms with Crippen LogP contribution in [0.15, 0.2) is 18.3 Å². The predicted molar refractivity (Wildman–Crippen MR) is 77.4 cm³/mol. The van der Waals surface area contributed by atoms with Crippen LogP contribution in [0.2, 0.25) is 0 Å². The minimum Gasteiger partial charge on any atom is -0.375 e. The van der Waals surface area contributed by atoms with Crippen molar-refractivity contribution in [2.45, 2.75) is 56.6 Å². The molecule has 2 aliphatic rings. The van der Waals surface area contributed by atoms with E-state index in [0.29, 0.717) is 11.6 Å². The molecule has 2 fully saturated rings. The number of nitriles is 1. The first-order valence-corrected chi connectivity index (χ1v) is 7.56. The fourth-order valence-corrected chi connectivity index (χ4v) is 3.45. The molecule has 20 heavy (non-hydrogen) atoms. The van der Waals surface area contributed by atoms with E-state index in [-0.39, 0.29) is 5.60 Å². The Kier molecular flexibility index (Phi) is 3.88. The molecule has 1 spiro atoms. The van der Waals surface area contributed by atoms with Crippen molar-refractivity contribution in [3.8, 4) is 6.07 Å². The molecule has 1 aromatic heterocycles. The molecular weight excluding hydrogens is 250 g/mol. The van der Waals surface area contributed by atoms with Crippen LogP contribution >= 0.6 is 0 Å². The highest BCUT2D eigenvalue weighted by Gasteiger charge is 2.38. The summed E-state index contributed by atoms with van der Waals surface area (Å²) in [7, 11) is 0. The minimum absolute atomic E-state index is 0.112. The van der Waals surface area contributed by atoms with Gasteiger partial charge in [-0.2, -0.15) is 5.26 Å². The van der Waals surface area contributed by atoms with Crippen molar-refractivity contribution in [1.29, 1.82) is 5.26 Å². The zero-order valence-electron chi connectivity index (χ0n) is 11.8. The van der Waals surface area contributed by atoms with Gasteiger partial charge in [0.05, 0.1) is 11.2 Å². The van der Waals surface area contributed by atoms with Gasteiger partial charge in [-0.3, -0.25) is 0 Å². The van der Waals surface area contributed by atoms with E-state index in [1.807, 2.05) is 12.1 Å². The third-order valence-corrected chi connectivity index (χ3v) is 4.50. The Bertz CT molecular complexity index is 480. The lowest BCUT2D eigenvalue weighted by Crippen LogP contribution is -2.45. The first kappa shape index (κ1) is 13.4. The number of hydrogen-bond acceptors (Lipinski definition) is 4. The van der Waals surface area contributed by atoms with Crippen molar-refractivity contribution in [3.05, 3.63) is 23.9 Å². The molecule has 0 amide bonds. The van der Waals surface area contributed by atoms with E-state index < -0.39 is 0 Å². The van der Waals surface area contributed by atoms with E-state index in [4.69, 9.17) is 10.00 Å². The molecule has 106 valence electrons. The molecule has 1 N–H and O–H groups in total. The number of nitrogens with one attached hydrogen (secondary N) is 1. The minimum atomic E-state index is 0.112. The topological polar surface area (TPSA) is 57.9 Å². The summed E-state index contributed by atoms with van der Waals surface area (Å²) in [6.07, 6.45) is 10.1. The van der Waals surface area contributed by atoms with Gasteiger partial charge in [-0.25, -0.2) is 4.98 Å². The average Bonchev–Trinajstić information content (AvgIpc) is 2.49. The molecule has 0 radical (unpaired) electrons. The number of ether oxygens (including phenoxy) is 1. The van der Waals surface area contributed by atoms with Crippen LogP contribution in [-0.2, 0) is 4.74 Å². The van der Waals surface area contributed by atoms with Crippen LogP contribution in [0.4, 0.5) is 5.82 Å². The van der Waals surface area contributed by atoms with Gasteiger partial charge < -0.3 is 10.1 Å². The van der Waals surface area contributed by atoms with Crippen LogP contribution in [-0.4, -0.2) is 23.2 Å². The molecule has 1 aliphatic heterocycles. The molecule has 0 bridgehead atoms. The molecule has 1 aromatic rings. The quantitative estimate of drug-likeness (QED) is 0.897. The molecule has 1 aliphatic carbocycles. The molecule has 3 rings (SSSR count). The predicted octanol–water partition coefficient (Wildman–Crippen LogP) is 3.25. The highest BCUT2D eigenvalue weighted by molar-refractivity contribution is 5.39. The van der Waals surface area contributed by atoms with Crippen LogP contribution in [0.5, 0.6) is 0 Å². The fourth-order valence-electron chi connectivity index (χ4n) is 3.45. The molecule has 4 nitrogen and oxygen atoms in total. The van der Waals surface area contributed by atoms with Gasteiger partial charge in [-0.1, -0.05) is 19.3 Å². The van der Waals surface area contributed by atoms with Crippen molar-refractivity contribution in [1.82, 2.24) is 4.98 Å². The van der Waals surface area contributed by atoms with Gasteiger partial charge in [0.1, 0.15) is 11.9 Å². The zero-order chi connectivity index (χ0) is 13.8. The maximum Gasteiger partial charge on any atom is 0.126 e. The van der Waals surface area contributed by atoms with E-state index in [9.17, 15) is 0 Å². The largest absolute Gasteiger partial charge is 0.375 e. The molecule has 1 unspecified atom stereocenters. The van der Waals surface area contributed by atoms with Crippen molar-refractivity contribution >= 4 is 5.82 Å². The number of pyridine rings is 1. The first-order valence-electron chi connectivity index (χ1n) is 7.56. The molecule has 1 saturated carbocycles. The number of hydrogen-bond donors (Lipinski definition) is 1. The lowest BCUT2D eigenvalue weighted by molar-refractivity contribution is -0.103. The summed E-state index contributed by atoms with van der Waals surface area (Å²) >= 11 is 0. The van der Waals surface area contributed by atoms with Crippen LogP contribution in [0.3, 0.4) is 0 Å². The number of anilines is 1. The second-order valence-electron chi connectivity index (χ2n) is 5.97. The molecule has 0 aromatic carbocycles. The van der Waals surface area contributed by atoms with Gasteiger partial charge in [0.15, 0.2) is 0 Å². The standard InChI is InChI=1S/C16H21N3O/c17-11-13-4-5-15(18-12-13)19-14-6-9-20-16(10-14)7-2-1-3-8-16/h4-5,12,14H,1-3,6-10H2,(H,18,19). The maximum absolute atomic E-state index is 8.79. The summed E-state index contributed by atoms with van der Waals surface area (Å²) in [6.45, 7) is 0.841. The lowest BCUT2D eigenvalue weighted by atomic mass is 9.78. The van der Waals surface area contributed by atoms with Gasteiger partial charge >= 0.3 is 0 Å². The maximum atomic E-state index is 8.79. The Morgan fingerprint density at radius 3 is 2.85 bits per heavy atom.